The summed E-state index contributed by atoms with van der Waals surface area (Å²) >= 11 is 0. The summed E-state index contributed by atoms with van der Waals surface area (Å²) in [5.74, 6) is 0.223. The molecule has 1 fully saturated rings. The molecule has 1 aromatic carbocycles. The molecule has 1 saturated heterocycles. The van der Waals surface area contributed by atoms with Crippen molar-refractivity contribution in [2.24, 2.45) is 5.92 Å². The second-order valence-electron chi connectivity index (χ2n) is 6.66. The predicted molar refractivity (Wildman–Crippen MR) is 90.4 cm³/mol. The number of nitrogens with one attached hydrogen (secondary N) is 1. The monoisotopic (exact) mass is 310 g/mol. The number of rotatable bonds is 3. The SMILES string of the molecule is C=CCN1C[C@H](C(=O)OC)CC2c3cccc4[nH]cc(c34)C[C@H]21. The van der Waals surface area contributed by atoms with Crippen LogP contribution in [0.25, 0.3) is 10.9 Å². The van der Waals surface area contributed by atoms with Crippen LogP contribution < -0.4 is 0 Å². The number of carbonyl (C=O) groups is 1. The highest BCUT2D eigenvalue weighted by Gasteiger charge is 2.42. The van der Waals surface area contributed by atoms with Crippen LogP contribution in [-0.4, -0.2) is 42.1 Å². The lowest BCUT2D eigenvalue weighted by Gasteiger charge is -2.46. The van der Waals surface area contributed by atoms with E-state index >= 15 is 0 Å². The van der Waals surface area contributed by atoms with Crippen molar-refractivity contribution in [2.45, 2.75) is 24.8 Å². The van der Waals surface area contributed by atoms with E-state index < -0.39 is 0 Å². The molecule has 0 spiro atoms. The van der Waals surface area contributed by atoms with Crippen LogP contribution in [0.3, 0.4) is 0 Å². The fourth-order valence-electron chi connectivity index (χ4n) is 4.51. The second kappa shape index (κ2) is 5.53. The molecule has 0 radical (unpaired) electrons. The van der Waals surface area contributed by atoms with Gasteiger partial charge < -0.3 is 9.72 Å². The van der Waals surface area contributed by atoms with Crippen LogP contribution in [0.5, 0.6) is 0 Å². The lowest BCUT2D eigenvalue weighted by Crippen LogP contribution is -2.51. The Hall–Kier alpha value is -2.07. The lowest BCUT2D eigenvalue weighted by molar-refractivity contribution is -0.148. The highest BCUT2D eigenvalue weighted by Crippen LogP contribution is 2.44. The van der Waals surface area contributed by atoms with Gasteiger partial charge in [-0.3, -0.25) is 9.69 Å². The van der Waals surface area contributed by atoms with E-state index in [1.807, 2.05) is 6.08 Å². The Morgan fingerprint density at radius 2 is 2.39 bits per heavy atom. The van der Waals surface area contributed by atoms with Gasteiger partial charge in [0, 0.05) is 42.1 Å². The van der Waals surface area contributed by atoms with Crippen LogP contribution in [0, 0.1) is 5.92 Å². The van der Waals surface area contributed by atoms with E-state index in [2.05, 4.69) is 40.9 Å². The first-order chi connectivity index (χ1) is 11.2. The molecule has 3 atom stereocenters. The van der Waals surface area contributed by atoms with Crippen molar-refractivity contribution in [1.29, 1.82) is 0 Å². The molecule has 0 amide bonds. The molecule has 1 N–H and O–H groups in total. The van der Waals surface area contributed by atoms with Gasteiger partial charge in [-0.1, -0.05) is 18.2 Å². The number of fused-ring (bicyclic) bond motifs is 2. The molecule has 120 valence electrons. The van der Waals surface area contributed by atoms with Crippen LogP contribution >= 0.6 is 0 Å². The molecule has 0 bridgehead atoms. The van der Waals surface area contributed by atoms with Gasteiger partial charge in [-0.25, -0.2) is 0 Å². The van der Waals surface area contributed by atoms with Gasteiger partial charge >= 0.3 is 5.97 Å². The maximum absolute atomic E-state index is 12.1. The Morgan fingerprint density at radius 1 is 1.52 bits per heavy atom. The fourth-order valence-corrected chi connectivity index (χ4v) is 4.51. The average molecular weight is 310 g/mol. The van der Waals surface area contributed by atoms with Crippen molar-refractivity contribution in [3.63, 3.8) is 0 Å². The summed E-state index contributed by atoms with van der Waals surface area (Å²) < 4.78 is 5.03. The van der Waals surface area contributed by atoms with Crippen molar-refractivity contribution in [3.8, 4) is 0 Å². The molecule has 4 rings (SSSR count). The molecular formula is C19H22N2O2. The maximum Gasteiger partial charge on any atom is 0.309 e. The van der Waals surface area contributed by atoms with Crippen molar-refractivity contribution >= 4 is 16.9 Å². The number of aromatic amines is 1. The van der Waals surface area contributed by atoms with E-state index in [1.165, 1.54) is 29.1 Å². The molecule has 23 heavy (non-hydrogen) atoms. The molecule has 4 nitrogen and oxygen atoms in total. The van der Waals surface area contributed by atoms with E-state index in [9.17, 15) is 4.79 Å². The van der Waals surface area contributed by atoms with Crippen LogP contribution in [0.2, 0.25) is 0 Å². The van der Waals surface area contributed by atoms with Gasteiger partial charge in [0.1, 0.15) is 0 Å². The van der Waals surface area contributed by atoms with Crippen molar-refractivity contribution in [3.05, 3.63) is 48.2 Å². The van der Waals surface area contributed by atoms with Crippen LogP contribution in [0.1, 0.15) is 23.5 Å². The second-order valence-corrected chi connectivity index (χ2v) is 6.66. The Balaban J connectivity index is 1.79. The summed E-state index contributed by atoms with van der Waals surface area (Å²) in [6.45, 7) is 5.46. The predicted octanol–water partition coefficient (Wildman–Crippen LogP) is 2.86. The van der Waals surface area contributed by atoms with Gasteiger partial charge in [-0.15, -0.1) is 6.58 Å². The lowest BCUT2D eigenvalue weighted by atomic mass is 9.72. The van der Waals surface area contributed by atoms with Crippen LogP contribution in [0.15, 0.2) is 37.1 Å². The summed E-state index contributed by atoms with van der Waals surface area (Å²) in [4.78, 5) is 17.9. The maximum atomic E-state index is 12.1. The summed E-state index contributed by atoms with van der Waals surface area (Å²) in [5.41, 5.74) is 3.96. The number of hydrogen-bond donors (Lipinski definition) is 1. The molecule has 1 unspecified atom stereocenters. The van der Waals surface area contributed by atoms with Crippen LogP contribution in [-0.2, 0) is 16.0 Å². The zero-order chi connectivity index (χ0) is 16.0. The first kappa shape index (κ1) is 14.5. The first-order valence-corrected chi connectivity index (χ1v) is 8.24. The molecular weight excluding hydrogens is 288 g/mol. The number of piperidine rings is 1. The molecule has 2 aromatic rings. The largest absolute Gasteiger partial charge is 0.469 e. The Bertz CT molecular complexity index is 764. The van der Waals surface area contributed by atoms with Gasteiger partial charge in [0.05, 0.1) is 13.0 Å². The van der Waals surface area contributed by atoms with Crippen LogP contribution in [0.4, 0.5) is 0 Å². The highest BCUT2D eigenvalue weighted by atomic mass is 16.5. The smallest absolute Gasteiger partial charge is 0.309 e. The van der Waals surface area contributed by atoms with Gasteiger partial charge in [0.25, 0.3) is 0 Å². The van der Waals surface area contributed by atoms with Crippen molar-refractivity contribution in [1.82, 2.24) is 9.88 Å². The summed E-state index contributed by atoms with van der Waals surface area (Å²) in [6.07, 6.45) is 5.98. The molecule has 2 heterocycles. The number of likely N-dealkylation sites (tertiary alicyclic amines) is 1. The third-order valence-electron chi connectivity index (χ3n) is 5.47. The van der Waals surface area contributed by atoms with E-state index in [-0.39, 0.29) is 11.9 Å². The number of aromatic nitrogens is 1. The molecule has 4 heteroatoms. The number of hydrogen-bond acceptors (Lipinski definition) is 3. The Morgan fingerprint density at radius 3 is 3.17 bits per heavy atom. The van der Waals surface area contributed by atoms with Crippen molar-refractivity contribution in [2.75, 3.05) is 20.2 Å². The van der Waals surface area contributed by atoms with E-state index in [0.29, 0.717) is 12.0 Å². The summed E-state index contributed by atoms with van der Waals surface area (Å²) in [5, 5.41) is 1.36. The average Bonchev–Trinajstić information content (AvgIpc) is 2.99. The third-order valence-corrected chi connectivity index (χ3v) is 5.47. The van der Waals surface area contributed by atoms with Gasteiger partial charge in [-0.2, -0.15) is 0 Å². The molecule has 1 aliphatic carbocycles. The van der Waals surface area contributed by atoms with Gasteiger partial charge in [0.2, 0.25) is 0 Å². The third kappa shape index (κ3) is 2.20. The minimum absolute atomic E-state index is 0.0584. The summed E-state index contributed by atoms with van der Waals surface area (Å²) in [7, 11) is 1.48. The molecule has 2 aliphatic rings. The standard InChI is InChI=1S/C19H22N2O2/c1-3-7-21-11-13(19(22)23-2)8-15-14-5-4-6-16-18(14)12(10-20-16)9-17(15)21/h3-6,10,13,15,17,20H,1,7-9,11H2,2H3/t13-,15?,17-/m1/s1. The van der Waals surface area contributed by atoms with Gasteiger partial charge in [0.15, 0.2) is 0 Å². The van der Waals surface area contributed by atoms with E-state index in [1.54, 1.807) is 0 Å². The summed E-state index contributed by atoms with van der Waals surface area (Å²) in [6, 6.07) is 6.90. The van der Waals surface area contributed by atoms with E-state index in [0.717, 1.165) is 25.9 Å². The van der Waals surface area contributed by atoms with E-state index in [4.69, 9.17) is 4.74 Å². The highest BCUT2D eigenvalue weighted by molar-refractivity contribution is 5.88. The van der Waals surface area contributed by atoms with Gasteiger partial charge in [-0.05, 0) is 30.0 Å². The van der Waals surface area contributed by atoms with Crippen molar-refractivity contribution < 1.29 is 9.53 Å². The number of benzene rings is 1. The zero-order valence-electron chi connectivity index (χ0n) is 13.4. The number of methoxy groups -OCH3 is 1. The topological polar surface area (TPSA) is 45.3 Å². The number of H-pyrrole nitrogens is 1. The Kier molecular flexibility index (Phi) is 3.49. The zero-order valence-corrected chi connectivity index (χ0v) is 13.4. The molecule has 0 saturated carbocycles. The Labute approximate surface area is 136 Å². The fraction of sp³-hybridized carbons (Fsp3) is 0.421. The molecule has 1 aromatic heterocycles. The molecule has 1 aliphatic heterocycles. The number of nitrogens with zero attached hydrogens (tertiary/aromatic N) is 1. The number of ether oxygens (including phenoxy) is 1. The number of esters is 1. The first-order valence-electron chi connectivity index (χ1n) is 8.24. The quantitative estimate of drug-likeness (QED) is 0.700. The minimum Gasteiger partial charge on any atom is -0.469 e. The minimum atomic E-state index is -0.0930. The number of carbonyl (C=O) groups excluding carboxylic acids is 1. The normalized spacial score (nSPS) is 26.7.